The van der Waals surface area contributed by atoms with Gasteiger partial charge in [0.05, 0.1) is 25.5 Å². The maximum Gasteiger partial charge on any atom is 0.341 e. The quantitative estimate of drug-likeness (QED) is 0.548. The highest BCUT2D eigenvalue weighted by Gasteiger charge is 2.32. The SMILES string of the molecule is CNC(=O)Nc1c(C/C=C(\C)CCC(=O)OC)c(OC)c(C)c2c1C(=O)OC2. The third-order valence-corrected chi connectivity index (χ3v) is 4.75. The zero-order valence-corrected chi connectivity index (χ0v) is 16.9. The zero-order valence-electron chi connectivity index (χ0n) is 16.9. The van der Waals surface area contributed by atoms with Crippen LogP contribution in [0.1, 0.15) is 46.8 Å². The number of carbonyl (C=O) groups is 3. The first-order valence-electron chi connectivity index (χ1n) is 8.94. The van der Waals surface area contributed by atoms with Gasteiger partial charge in [0.1, 0.15) is 12.4 Å². The van der Waals surface area contributed by atoms with Gasteiger partial charge in [-0.05, 0) is 32.3 Å². The predicted octanol–water partition coefficient (Wildman–Crippen LogP) is 2.87. The van der Waals surface area contributed by atoms with Crippen molar-refractivity contribution in [2.24, 2.45) is 0 Å². The van der Waals surface area contributed by atoms with Crippen LogP contribution in [0.2, 0.25) is 0 Å². The summed E-state index contributed by atoms with van der Waals surface area (Å²) in [6.07, 6.45) is 3.20. The fourth-order valence-corrected chi connectivity index (χ4v) is 3.15. The highest BCUT2D eigenvalue weighted by atomic mass is 16.5. The molecule has 1 aromatic carbocycles. The van der Waals surface area contributed by atoms with Crippen molar-refractivity contribution in [3.8, 4) is 5.75 Å². The van der Waals surface area contributed by atoms with E-state index in [1.165, 1.54) is 14.2 Å². The van der Waals surface area contributed by atoms with E-state index in [2.05, 4.69) is 15.4 Å². The average molecular weight is 390 g/mol. The molecule has 0 saturated heterocycles. The Kier molecular flexibility index (Phi) is 7.03. The molecule has 0 radical (unpaired) electrons. The number of cyclic esters (lactones) is 1. The number of esters is 2. The van der Waals surface area contributed by atoms with Crippen LogP contribution in [-0.2, 0) is 27.3 Å². The van der Waals surface area contributed by atoms with E-state index in [0.717, 1.165) is 11.1 Å². The Hall–Kier alpha value is -3.03. The summed E-state index contributed by atoms with van der Waals surface area (Å²) in [6.45, 7) is 3.92. The Morgan fingerprint density at radius 3 is 2.57 bits per heavy atom. The topological polar surface area (TPSA) is 103 Å². The molecule has 0 bridgehead atoms. The predicted molar refractivity (Wildman–Crippen MR) is 104 cm³/mol. The van der Waals surface area contributed by atoms with E-state index in [-0.39, 0.29) is 19.0 Å². The molecule has 0 atom stereocenters. The van der Waals surface area contributed by atoms with Crippen LogP contribution in [-0.4, -0.2) is 39.2 Å². The first-order valence-corrected chi connectivity index (χ1v) is 8.94. The molecule has 0 spiro atoms. The molecule has 28 heavy (non-hydrogen) atoms. The van der Waals surface area contributed by atoms with Crippen LogP contribution in [0, 0.1) is 6.92 Å². The van der Waals surface area contributed by atoms with E-state index in [0.29, 0.717) is 41.0 Å². The second kappa shape index (κ2) is 9.25. The van der Waals surface area contributed by atoms with Gasteiger partial charge in [-0.2, -0.15) is 0 Å². The van der Waals surface area contributed by atoms with Gasteiger partial charge in [0.25, 0.3) is 0 Å². The number of benzene rings is 1. The molecular weight excluding hydrogens is 364 g/mol. The molecule has 0 fully saturated rings. The molecule has 0 aliphatic carbocycles. The minimum absolute atomic E-state index is 0.146. The van der Waals surface area contributed by atoms with E-state index in [1.807, 2.05) is 19.9 Å². The fourth-order valence-electron chi connectivity index (χ4n) is 3.15. The monoisotopic (exact) mass is 390 g/mol. The maximum absolute atomic E-state index is 12.3. The first kappa shape index (κ1) is 21.3. The second-order valence-electron chi connectivity index (χ2n) is 6.48. The largest absolute Gasteiger partial charge is 0.496 e. The van der Waals surface area contributed by atoms with E-state index in [1.54, 1.807) is 7.11 Å². The molecule has 1 heterocycles. The summed E-state index contributed by atoms with van der Waals surface area (Å²) in [7, 11) is 4.40. The lowest BCUT2D eigenvalue weighted by molar-refractivity contribution is -0.140. The third-order valence-electron chi connectivity index (χ3n) is 4.75. The number of methoxy groups -OCH3 is 2. The van der Waals surface area contributed by atoms with Crippen molar-refractivity contribution >= 4 is 23.7 Å². The van der Waals surface area contributed by atoms with Gasteiger partial charge in [0, 0.05) is 24.6 Å². The molecule has 2 rings (SSSR count). The van der Waals surface area contributed by atoms with Crippen LogP contribution < -0.4 is 15.4 Å². The van der Waals surface area contributed by atoms with Gasteiger partial charge in [-0.15, -0.1) is 0 Å². The Labute approximate surface area is 164 Å². The number of nitrogens with one attached hydrogen (secondary N) is 2. The zero-order chi connectivity index (χ0) is 20.8. The van der Waals surface area contributed by atoms with E-state index in [4.69, 9.17) is 9.47 Å². The van der Waals surface area contributed by atoms with Crippen molar-refractivity contribution in [3.63, 3.8) is 0 Å². The van der Waals surface area contributed by atoms with Crippen LogP contribution in [0.5, 0.6) is 5.75 Å². The smallest absolute Gasteiger partial charge is 0.341 e. The van der Waals surface area contributed by atoms with Gasteiger partial charge in [-0.25, -0.2) is 9.59 Å². The first-order chi connectivity index (χ1) is 13.3. The highest BCUT2D eigenvalue weighted by molar-refractivity contribution is 6.05. The number of hydrogen-bond donors (Lipinski definition) is 2. The Morgan fingerprint density at radius 1 is 1.25 bits per heavy atom. The summed E-state index contributed by atoms with van der Waals surface area (Å²) in [6, 6.07) is -0.444. The number of urea groups is 1. The Morgan fingerprint density at radius 2 is 1.96 bits per heavy atom. The number of rotatable bonds is 7. The molecule has 1 aliphatic rings. The maximum atomic E-state index is 12.3. The summed E-state index contributed by atoms with van der Waals surface area (Å²) in [5.74, 6) is -0.149. The molecule has 8 heteroatoms. The van der Waals surface area contributed by atoms with Crippen molar-refractivity contribution in [1.29, 1.82) is 0 Å². The minimum atomic E-state index is -0.472. The van der Waals surface area contributed by atoms with Crippen LogP contribution in [0.25, 0.3) is 0 Å². The Bertz CT molecular complexity index is 829. The molecule has 0 unspecified atom stereocenters. The number of anilines is 1. The van der Waals surface area contributed by atoms with Crippen molar-refractivity contribution in [2.45, 2.75) is 39.7 Å². The number of hydrogen-bond acceptors (Lipinski definition) is 6. The highest BCUT2D eigenvalue weighted by Crippen LogP contribution is 2.41. The molecule has 2 N–H and O–H groups in total. The van der Waals surface area contributed by atoms with Crippen LogP contribution in [0.3, 0.4) is 0 Å². The second-order valence-corrected chi connectivity index (χ2v) is 6.48. The molecule has 2 amide bonds. The van der Waals surface area contributed by atoms with Crippen LogP contribution in [0.15, 0.2) is 11.6 Å². The molecule has 0 aromatic heterocycles. The number of fused-ring (bicyclic) bond motifs is 1. The molecular formula is C20H26N2O6. The summed E-state index contributed by atoms with van der Waals surface area (Å²) < 4.78 is 15.4. The average Bonchev–Trinajstić information content (AvgIpc) is 3.08. The van der Waals surface area contributed by atoms with Gasteiger partial charge in [-0.1, -0.05) is 11.6 Å². The lowest BCUT2D eigenvalue weighted by Crippen LogP contribution is -2.26. The van der Waals surface area contributed by atoms with Gasteiger partial charge in [-0.3, -0.25) is 4.79 Å². The Balaban J connectivity index is 2.47. The van der Waals surface area contributed by atoms with Gasteiger partial charge < -0.3 is 24.8 Å². The van der Waals surface area contributed by atoms with E-state index < -0.39 is 12.0 Å². The lowest BCUT2D eigenvalue weighted by Gasteiger charge is -2.19. The standard InChI is InChI=1S/C20H26N2O6/c1-11(7-9-15(23)26-4)6-8-13-17(22-20(25)21-3)16-14(10-28-19(16)24)12(2)18(13)27-5/h6H,7-10H2,1-5H3,(H2,21,22,25)/b11-6+. The van der Waals surface area contributed by atoms with E-state index in [9.17, 15) is 14.4 Å². The number of ether oxygens (including phenoxy) is 3. The number of amides is 2. The summed E-state index contributed by atoms with van der Waals surface area (Å²) in [5.41, 5.74) is 3.93. The van der Waals surface area contributed by atoms with Crippen molar-refractivity contribution < 1.29 is 28.6 Å². The molecule has 8 nitrogen and oxygen atoms in total. The van der Waals surface area contributed by atoms with Crippen LogP contribution >= 0.6 is 0 Å². The summed E-state index contributed by atoms with van der Waals surface area (Å²) >= 11 is 0. The molecule has 1 aromatic rings. The fraction of sp³-hybridized carbons (Fsp3) is 0.450. The molecule has 1 aliphatic heterocycles. The molecule has 0 saturated carbocycles. The lowest BCUT2D eigenvalue weighted by atomic mass is 9.93. The number of carbonyl (C=O) groups excluding carboxylic acids is 3. The van der Waals surface area contributed by atoms with Crippen molar-refractivity contribution in [1.82, 2.24) is 5.32 Å². The van der Waals surface area contributed by atoms with Gasteiger partial charge in [0.2, 0.25) is 0 Å². The third kappa shape index (κ3) is 4.44. The van der Waals surface area contributed by atoms with Crippen molar-refractivity contribution in [2.75, 3.05) is 26.6 Å². The van der Waals surface area contributed by atoms with Crippen molar-refractivity contribution in [3.05, 3.63) is 33.9 Å². The summed E-state index contributed by atoms with van der Waals surface area (Å²) in [4.78, 5) is 35.6. The minimum Gasteiger partial charge on any atom is -0.496 e. The van der Waals surface area contributed by atoms with E-state index >= 15 is 0 Å². The van der Waals surface area contributed by atoms with Gasteiger partial charge >= 0.3 is 18.0 Å². The molecule has 152 valence electrons. The number of allylic oxidation sites excluding steroid dienone is 2. The normalized spacial score (nSPS) is 12.9. The van der Waals surface area contributed by atoms with Crippen LogP contribution in [0.4, 0.5) is 10.5 Å². The van der Waals surface area contributed by atoms with Gasteiger partial charge in [0.15, 0.2) is 0 Å². The summed E-state index contributed by atoms with van der Waals surface area (Å²) in [5, 5.41) is 5.23.